The molecule has 2 aromatic rings. The second-order valence-electron chi connectivity index (χ2n) is 7.30. The third-order valence-electron chi connectivity index (χ3n) is 5.15. The van der Waals surface area contributed by atoms with Gasteiger partial charge in [-0.3, -0.25) is 4.99 Å². The molecule has 0 saturated carbocycles. The van der Waals surface area contributed by atoms with Gasteiger partial charge in [-0.2, -0.15) is 27.2 Å². The van der Waals surface area contributed by atoms with E-state index in [1.165, 1.54) is 13.0 Å². The molecule has 0 unspecified atom stereocenters. The first kappa shape index (κ1) is 22.7. The van der Waals surface area contributed by atoms with Crippen molar-refractivity contribution in [1.82, 2.24) is 4.57 Å². The number of aromatic nitrogens is 1. The summed E-state index contributed by atoms with van der Waals surface area (Å²) in [5, 5.41) is 9.00. The lowest BCUT2D eigenvalue weighted by molar-refractivity contribution is -0.138. The van der Waals surface area contributed by atoms with Crippen LogP contribution in [0.15, 0.2) is 29.4 Å². The van der Waals surface area contributed by atoms with Crippen LogP contribution in [0.25, 0.3) is 0 Å². The molecule has 1 aliphatic carbocycles. The number of hydrogen-bond donors (Lipinski definition) is 0. The van der Waals surface area contributed by atoms with Crippen molar-refractivity contribution in [3.63, 3.8) is 0 Å². The number of halogens is 7. The van der Waals surface area contributed by atoms with Crippen molar-refractivity contribution in [1.29, 1.82) is 5.26 Å². The number of ether oxygens (including phenoxy) is 1. The van der Waals surface area contributed by atoms with Crippen LogP contribution in [0, 0.1) is 17.1 Å². The number of nitriles is 1. The lowest BCUT2D eigenvalue weighted by Crippen LogP contribution is -2.33. The number of aryl methyl sites for hydroxylation is 1. The SMILES string of the molecule is Cn1cc(C(F)(F)F)cc(OC(F)F)/c1=N/[C@@]1(C)CC[C@H](F)c2c1ccc(C#N)c2F. The molecule has 1 aromatic heterocycles. The van der Waals surface area contributed by atoms with Crippen LogP contribution in [0.5, 0.6) is 5.75 Å². The monoisotopic (exact) mass is 447 g/mol. The second kappa shape index (κ2) is 7.90. The first-order valence-corrected chi connectivity index (χ1v) is 9.03. The quantitative estimate of drug-likeness (QED) is 0.602. The predicted octanol–water partition coefficient (Wildman–Crippen LogP) is 5.28. The third-order valence-corrected chi connectivity index (χ3v) is 5.15. The van der Waals surface area contributed by atoms with Crippen LogP contribution in [0.4, 0.5) is 30.7 Å². The summed E-state index contributed by atoms with van der Waals surface area (Å²) in [5.41, 5.74) is -3.62. The highest BCUT2D eigenvalue weighted by molar-refractivity contribution is 5.46. The fourth-order valence-electron chi connectivity index (χ4n) is 3.65. The van der Waals surface area contributed by atoms with Gasteiger partial charge in [0.25, 0.3) is 0 Å². The van der Waals surface area contributed by atoms with Gasteiger partial charge < -0.3 is 9.30 Å². The molecule has 0 bridgehead atoms. The highest BCUT2D eigenvalue weighted by atomic mass is 19.4. The van der Waals surface area contributed by atoms with E-state index in [1.807, 2.05) is 0 Å². The molecule has 1 aromatic carbocycles. The Morgan fingerprint density at radius 2 is 2.00 bits per heavy atom. The molecule has 0 amide bonds. The molecule has 0 fully saturated rings. The maximum Gasteiger partial charge on any atom is 0.417 e. The Bertz CT molecular complexity index is 1120. The van der Waals surface area contributed by atoms with E-state index in [0.29, 0.717) is 12.3 Å². The van der Waals surface area contributed by atoms with Crippen LogP contribution in [-0.4, -0.2) is 11.2 Å². The van der Waals surface area contributed by atoms with Gasteiger partial charge in [0.05, 0.1) is 16.7 Å². The van der Waals surface area contributed by atoms with E-state index >= 15 is 0 Å². The molecular weight excluding hydrogens is 431 g/mol. The highest BCUT2D eigenvalue weighted by Crippen LogP contribution is 2.45. The Kier molecular flexibility index (Phi) is 5.78. The zero-order chi connectivity index (χ0) is 23.1. The van der Waals surface area contributed by atoms with Crippen molar-refractivity contribution in [2.45, 2.75) is 44.3 Å². The molecule has 0 aliphatic heterocycles. The van der Waals surface area contributed by atoms with Crippen LogP contribution in [0.2, 0.25) is 0 Å². The summed E-state index contributed by atoms with van der Waals surface area (Å²) in [5.74, 6) is -1.87. The van der Waals surface area contributed by atoms with E-state index in [2.05, 4.69) is 9.73 Å². The maximum atomic E-state index is 14.6. The zero-order valence-electron chi connectivity index (χ0n) is 16.3. The van der Waals surface area contributed by atoms with Crippen LogP contribution < -0.4 is 10.2 Å². The number of nitrogens with zero attached hydrogens (tertiary/aromatic N) is 3. The number of rotatable bonds is 3. The van der Waals surface area contributed by atoms with Crippen molar-refractivity contribution in [2.24, 2.45) is 12.0 Å². The number of benzene rings is 1. The van der Waals surface area contributed by atoms with Crippen LogP contribution >= 0.6 is 0 Å². The van der Waals surface area contributed by atoms with Gasteiger partial charge in [-0.15, -0.1) is 0 Å². The van der Waals surface area contributed by atoms with E-state index in [-0.39, 0.29) is 35.0 Å². The first-order valence-electron chi connectivity index (χ1n) is 9.03. The summed E-state index contributed by atoms with van der Waals surface area (Å²) in [7, 11) is 1.16. The summed E-state index contributed by atoms with van der Waals surface area (Å²) in [6.07, 6.45) is -6.06. The Morgan fingerprint density at radius 3 is 2.58 bits per heavy atom. The van der Waals surface area contributed by atoms with Crippen molar-refractivity contribution in [2.75, 3.05) is 0 Å². The molecule has 4 nitrogen and oxygen atoms in total. The predicted molar refractivity (Wildman–Crippen MR) is 94.2 cm³/mol. The maximum absolute atomic E-state index is 14.6. The van der Waals surface area contributed by atoms with E-state index in [0.717, 1.165) is 17.7 Å². The molecule has 1 aliphatic rings. The lowest BCUT2D eigenvalue weighted by atomic mass is 9.76. The van der Waals surface area contributed by atoms with Crippen LogP contribution in [0.1, 0.15) is 48.2 Å². The van der Waals surface area contributed by atoms with Gasteiger partial charge in [-0.05, 0) is 37.5 Å². The van der Waals surface area contributed by atoms with Gasteiger partial charge in [-0.25, -0.2) is 8.78 Å². The van der Waals surface area contributed by atoms with Crippen molar-refractivity contribution in [3.05, 3.63) is 58.0 Å². The Morgan fingerprint density at radius 1 is 1.32 bits per heavy atom. The Balaban J connectivity index is 2.28. The van der Waals surface area contributed by atoms with Gasteiger partial charge in [0.2, 0.25) is 0 Å². The van der Waals surface area contributed by atoms with E-state index in [1.54, 1.807) is 6.07 Å². The van der Waals surface area contributed by atoms with Gasteiger partial charge in [-0.1, -0.05) is 6.07 Å². The largest absolute Gasteiger partial charge is 0.431 e. The summed E-state index contributed by atoms with van der Waals surface area (Å²) >= 11 is 0. The average molecular weight is 447 g/mol. The van der Waals surface area contributed by atoms with Gasteiger partial charge in [0.15, 0.2) is 11.2 Å². The van der Waals surface area contributed by atoms with Gasteiger partial charge in [0, 0.05) is 18.8 Å². The van der Waals surface area contributed by atoms with Gasteiger partial charge in [0.1, 0.15) is 18.1 Å². The van der Waals surface area contributed by atoms with Crippen LogP contribution in [-0.2, 0) is 18.8 Å². The molecular formula is C20H16F7N3O. The number of fused-ring (bicyclic) bond motifs is 1. The van der Waals surface area contributed by atoms with Gasteiger partial charge >= 0.3 is 12.8 Å². The fourth-order valence-corrected chi connectivity index (χ4v) is 3.65. The fraction of sp³-hybridized carbons (Fsp3) is 0.400. The molecule has 11 heteroatoms. The van der Waals surface area contributed by atoms with Crippen molar-refractivity contribution >= 4 is 0 Å². The molecule has 0 N–H and O–H groups in total. The zero-order valence-corrected chi connectivity index (χ0v) is 16.3. The van der Waals surface area contributed by atoms with E-state index in [4.69, 9.17) is 5.26 Å². The molecule has 0 spiro atoms. The minimum atomic E-state index is -4.82. The molecule has 31 heavy (non-hydrogen) atoms. The molecule has 0 saturated heterocycles. The summed E-state index contributed by atoms with van der Waals surface area (Å²) in [6, 6.07) is 4.47. The normalized spacial score (nSPS) is 21.7. The number of pyridine rings is 1. The molecule has 1 heterocycles. The smallest absolute Gasteiger partial charge is 0.417 e. The standard InChI is InChI=1S/C20H16F7N3O/c1-19(6-5-13(21)15-12(19)4-3-10(8-28)16(15)22)29-17-14(31-18(23)24)7-11(9-30(17)2)20(25,26)27/h3-4,7,9,13,18H,5-6H2,1-2H3/b29-17-/t13-,19-/m0/s1. The van der Waals surface area contributed by atoms with E-state index < -0.39 is 41.6 Å². The number of hydrogen-bond acceptors (Lipinski definition) is 3. The summed E-state index contributed by atoms with van der Waals surface area (Å²) in [6.45, 7) is -1.94. The lowest BCUT2D eigenvalue weighted by Gasteiger charge is -2.34. The highest BCUT2D eigenvalue weighted by Gasteiger charge is 2.39. The minimum absolute atomic E-state index is 0.0155. The van der Waals surface area contributed by atoms with Crippen molar-refractivity contribution in [3.8, 4) is 11.8 Å². The minimum Gasteiger partial charge on any atom is -0.431 e. The van der Waals surface area contributed by atoms with Crippen molar-refractivity contribution < 1.29 is 35.5 Å². The van der Waals surface area contributed by atoms with E-state index in [9.17, 15) is 30.7 Å². The topological polar surface area (TPSA) is 50.3 Å². The summed E-state index contributed by atoms with van der Waals surface area (Å²) in [4.78, 5) is 4.32. The third kappa shape index (κ3) is 4.24. The Labute approximate surface area is 172 Å². The second-order valence-corrected chi connectivity index (χ2v) is 7.30. The number of alkyl halides is 6. The molecule has 3 rings (SSSR count). The molecule has 0 radical (unpaired) electrons. The Hall–Kier alpha value is -3.03. The summed E-state index contributed by atoms with van der Waals surface area (Å²) < 4.78 is 99.4. The molecule has 2 atom stereocenters. The van der Waals surface area contributed by atoms with Crippen LogP contribution in [0.3, 0.4) is 0 Å². The average Bonchev–Trinajstić information content (AvgIpc) is 2.66. The first-order chi connectivity index (χ1) is 14.4. The molecule has 166 valence electrons.